The van der Waals surface area contributed by atoms with Crippen LogP contribution in [0.3, 0.4) is 0 Å². The van der Waals surface area contributed by atoms with E-state index < -0.39 is 17.3 Å². The van der Waals surface area contributed by atoms with Gasteiger partial charge in [0.2, 0.25) is 0 Å². The van der Waals surface area contributed by atoms with Gasteiger partial charge in [-0.15, -0.1) is 0 Å². The number of hydrogen-bond donors (Lipinski definition) is 1. The summed E-state index contributed by atoms with van der Waals surface area (Å²) in [6.45, 7) is 0. The number of halogens is 4. The molecule has 0 radical (unpaired) electrons. The summed E-state index contributed by atoms with van der Waals surface area (Å²) < 4.78 is 37.7. The van der Waals surface area contributed by atoms with Crippen molar-refractivity contribution < 1.29 is 18.3 Å². The maximum absolute atomic E-state index is 12.6. The van der Waals surface area contributed by atoms with E-state index in [0.29, 0.717) is 18.4 Å². The van der Waals surface area contributed by atoms with Crippen molar-refractivity contribution in [1.29, 1.82) is 0 Å². The zero-order valence-electron chi connectivity index (χ0n) is 8.31. The second-order valence-electron chi connectivity index (χ2n) is 4.08. The number of benzene rings is 1. The first kappa shape index (κ1) is 11.7. The van der Waals surface area contributed by atoms with Gasteiger partial charge in [-0.2, -0.15) is 13.2 Å². The average molecular weight is 251 g/mol. The Labute approximate surface area is 95.8 Å². The van der Waals surface area contributed by atoms with E-state index >= 15 is 0 Å². The predicted octanol–water partition coefficient (Wildman–Crippen LogP) is 3.73. The van der Waals surface area contributed by atoms with E-state index in [1.807, 2.05) is 0 Å². The number of alkyl halides is 3. The lowest BCUT2D eigenvalue weighted by Crippen LogP contribution is -2.33. The van der Waals surface area contributed by atoms with Gasteiger partial charge in [0, 0.05) is 0 Å². The molecule has 1 aliphatic carbocycles. The van der Waals surface area contributed by atoms with E-state index in [-0.39, 0.29) is 5.02 Å². The van der Waals surface area contributed by atoms with Gasteiger partial charge in [0.05, 0.1) is 16.2 Å². The molecule has 88 valence electrons. The molecule has 0 amide bonds. The van der Waals surface area contributed by atoms with E-state index in [1.54, 1.807) is 0 Å². The fraction of sp³-hybridized carbons (Fsp3) is 0.455. The molecule has 0 unspecified atom stereocenters. The van der Waals surface area contributed by atoms with Crippen molar-refractivity contribution in [3.05, 3.63) is 34.3 Å². The van der Waals surface area contributed by atoms with Crippen LogP contribution in [-0.4, -0.2) is 5.11 Å². The van der Waals surface area contributed by atoms with Gasteiger partial charge < -0.3 is 5.11 Å². The summed E-state index contributed by atoms with van der Waals surface area (Å²) in [6, 6.07) is 3.59. The van der Waals surface area contributed by atoms with Gasteiger partial charge in [-0.25, -0.2) is 0 Å². The Kier molecular flexibility index (Phi) is 2.67. The van der Waals surface area contributed by atoms with E-state index in [0.717, 1.165) is 12.5 Å². The maximum Gasteiger partial charge on any atom is 0.417 e. The molecule has 0 bridgehead atoms. The molecule has 1 nitrogen and oxygen atoms in total. The van der Waals surface area contributed by atoms with E-state index in [9.17, 15) is 18.3 Å². The minimum absolute atomic E-state index is 0.301. The first-order valence-electron chi connectivity index (χ1n) is 4.92. The molecule has 1 fully saturated rings. The van der Waals surface area contributed by atoms with Gasteiger partial charge >= 0.3 is 6.18 Å². The third-order valence-corrected chi connectivity index (χ3v) is 3.32. The molecule has 0 spiro atoms. The van der Waals surface area contributed by atoms with Gasteiger partial charge in [0.1, 0.15) is 0 Å². The van der Waals surface area contributed by atoms with Crippen molar-refractivity contribution in [3.8, 4) is 0 Å². The predicted molar refractivity (Wildman–Crippen MR) is 54.2 cm³/mol. The van der Waals surface area contributed by atoms with Crippen LogP contribution in [-0.2, 0) is 11.8 Å². The molecule has 1 aromatic rings. The molecule has 5 heteroatoms. The highest BCUT2D eigenvalue weighted by Gasteiger charge is 2.39. The Balaban J connectivity index is 2.43. The normalized spacial score (nSPS) is 19.3. The van der Waals surface area contributed by atoms with Gasteiger partial charge in [0.15, 0.2) is 0 Å². The fourth-order valence-corrected chi connectivity index (χ4v) is 2.06. The molecule has 1 aliphatic rings. The summed E-state index contributed by atoms with van der Waals surface area (Å²) in [6.07, 6.45) is -2.63. The van der Waals surface area contributed by atoms with Crippen molar-refractivity contribution in [1.82, 2.24) is 0 Å². The van der Waals surface area contributed by atoms with Crippen molar-refractivity contribution in [2.75, 3.05) is 0 Å². The molecule has 0 saturated heterocycles. The molecular formula is C11H10ClF3O. The third kappa shape index (κ3) is 1.92. The van der Waals surface area contributed by atoms with Crippen LogP contribution in [0.1, 0.15) is 30.4 Å². The Morgan fingerprint density at radius 2 is 1.88 bits per heavy atom. The topological polar surface area (TPSA) is 20.2 Å². The Hall–Kier alpha value is -0.740. The largest absolute Gasteiger partial charge is 0.417 e. The maximum atomic E-state index is 12.6. The van der Waals surface area contributed by atoms with Crippen molar-refractivity contribution in [2.24, 2.45) is 0 Å². The lowest BCUT2D eigenvalue weighted by atomic mass is 9.75. The van der Waals surface area contributed by atoms with Crippen LogP contribution in [0, 0.1) is 0 Å². The third-order valence-electron chi connectivity index (χ3n) is 2.99. The second-order valence-corrected chi connectivity index (χ2v) is 4.48. The minimum atomic E-state index is -4.48. The quantitative estimate of drug-likeness (QED) is 0.805. The molecular weight excluding hydrogens is 241 g/mol. The monoisotopic (exact) mass is 250 g/mol. The number of hydrogen-bond acceptors (Lipinski definition) is 1. The minimum Gasteiger partial charge on any atom is -0.385 e. The van der Waals surface area contributed by atoms with Gasteiger partial charge in [-0.3, -0.25) is 0 Å². The van der Waals surface area contributed by atoms with Crippen molar-refractivity contribution >= 4 is 11.6 Å². The van der Waals surface area contributed by atoms with Crippen LogP contribution in [0.4, 0.5) is 13.2 Å². The summed E-state index contributed by atoms with van der Waals surface area (Å²) in [5, 5.41) is 9.62. The molecule has 1 aromatic carbocycles. The van der Waals surface area contributed by atoms with Gasteiger partial charge in [-0.1, -0.05) is 17.7 Å². The van der Waals surface area contributed by atoms with Crippen LogP contribution >= 0.6 is 11.6 Å². The number of rotatable bonds is 1. The molecule has 0 heterocycles. The summed E-state index contributed by atoms with van der Waals surface area (Å²) in [4.78, 5) is 0. The van der Waals surface area contributed by atoms with E-state index in [2.05, 4.69) is 0 Å². The van der Waals surface area contributed by atoms with Crippen LogP contribution in [0.15, 0.2) is 18.2 Å². The van der Waals surface area contributed by atoms with Crippen LogP contribution in [0.2, 0.25) is 5.02 Å². The first-order valence-corrected chi connectivity index (χ1v) is 5.30. The van der Waals surface area contributed by atoms with Gasteiger partial charge in [-0.05, 0) is 37.0 Å². The molecule has 2 rings (SSSR count). The second kappa shape index (κ2) is 3.64. The van der Waals surface area contributed by atoms with E-state index in [1.165, 1.54) is 12.1 Å². The summed E-state index contributed by atoms with van der Waals surface area (Å²) in [5.41, 5.74) is -1.67. The molecule has 0 aromatic heterocycles. The lowest BCUT2D eigenvalue weighted by Gasteiger charge is -2.37. The Morgan fingerprint density at radius 1 is 1.25 bits per heavy atom. The Morgan fingerprint density at radius 3 is 2.31 bits per heavy atom. The standard InChI is InChI=1S/C11H10ClF3O/c12-9-3-2-7(10(16)4-1-5-10)6-8(9)11(13,14)15/h2-3,6,16H,1,4-5H2. The molecule has 1 N–H and O–H groups in total. The first-order chi connectivity index (χ1) is 7.33. The lowest BCUT2D eigenvalue weighted by molar-refractivity contribution is -0.137. The van der Waals surface area contributed by atoms with Crippen LogP contribution < -0.4 is 0 Å². The van der Waals surface area contributed by atoms with E-state index in [4.69, 9.17) is 11.6 Å². The van der Waals surface area contributed by atoms with Crippen molar-refractivity contribution in [2.45, 2.75) is 31.0 Å². The zero-order valence-corrected chi connectivity index (χ0v) is 9.07. The Bertz CT molecular complexity index is 410. The molecule has 1 saturated carbocycles. The van der Waals surface area contributed by atoms with Crippen LogP contribution in [0.5, 0.6) is 0 Å². The number of aliphatic hydroxyl groups is 1. The smallest absolute Gasteiger partial charge is 0.385 e. The average Bonchev–Trinajstić information content (AvgIpc) is 2.13. The van der Waals surface area contributed by atoms with Gasteiger partial charge in [0.25, 0.3) is 0 Å². The highest BCUT2D eigenvalue weighted by molar-refractivity contribution is 6.31. The SMILES string of the molecule is OC1(c2ccc(Cl)c(C(F)(F)F)c2)CCC1. The fourth-order valence-electron chi connectivity index (χ4n) is 1.83. The van der Waals surface area contributed by atoms with Crippen LogP contribution in [0.25, 0.3) is 0 Å². The summed E-state index contributed by atoms with van der Waals surface area (Å²) >= 11 is 5.49. The van der Waals surface area contributed by atoms with Crippen molar-refractivity contribution in [3.63, 3.8) is 0 Å². The zero-order chi connectivity index (χ0) is 12.0. The molecule has 0 atom stereocenters. The molecule has 0 aliphatic heterocycles. The molecule has 16 heavy (non-hydrogen) atoms. The highest BCUT2D eigenvalue weighted by atomic mass is 35.5. The highest BCUT2D eigenvalue weighted by Crippen LogP contribution is 2.44. The summed E-state index contributed by atoms with van der Waals surface area (Å²) in [5.74, 6) is 0. The summed E-state index contributed by atoms with van der Waals surface area (Å²) in [7, 11) is 0.